The minimum Gasteiger partial charge on any atom is -0.465 e. The van der Waals surface area contributed by atoms with E-state index < -0.39 is 18.0 Å². The first-order valence-electron chi connectivity index (χ1n) is 4.88. The lowest BCUT2D eigenvalue weighted by Gasteiger charge is -2.31. The topological polar surface area (TPSA) is 66.8 Å². The molecule has 1 aromatic rings. The molecular formula is C11H11NO4. The van der Waals surface area contributed by atoms with Crippen LogP contribution in [0, 0.1) is 0 Å². The van der Waals surface area contributed by atoms with Gasteiger partial charge in [0.1, 0.15) is 6.61 Å². The molecule has 0 radical (unpaired) electrons. The summed E-state index contributed by atoms with van der Waals surface area (Å²) < 4.78 is 5.07. The maximum atomic E-state index is 11.4. The van der Waals surface area contributed by atoms with Crippen molar-refractivity contribution in [3.8, 4) is 0 Å². The summed E-state index contributed by atoms with van der Waals surface area (Å²) >= 11 is 0. The second-order valence-electron chi connectivity index (χ2n) is 3.49. The molecule has 0 bridgehead atoms. The molecule has 1 aliphatic heterocycles. The number of rotatable bonds is 1. The number of ether oxygens (including phenoxy) is 1. The molecule has 1 aliphatic rings. The smallest absolute Gasteiger partial charge is 0.414 e. The monoisotopic (exact) mass is 221 g/mol. The summed E-state index contributed by atoms with van der Waals surface area (Å²) in [4.78, 5) is 23.3. The first kappa shape index (κ1) is 10.6. The van der Waals surface area contributed by atoms with Crippen molar-refractivity contribution < 1.29 is 19.4 Å². The van der Waals surface area contributed by atoms with Gasteiger partial charge >= 0.3 is 6.09 Å². The number of benzene rings is 1. The van der Waals surface area contributed by atoms with Crippen LogP contribution in [0.5, 0.6) is 0 Å². The van der Waals surface area contributed by atoms with E-state index in [0.29, 0.717) is 0 Å². The molecule has 2 amide bonds. The Labute approximate surface area is 92.2 Å². The molecule has 1 saturated heterocycles. The van der Waals surface area contributed by atoms with Gasteiger partial charge in [-0.25, -0.2) is 9.69 Å². The Morgan fingerprint density at radius 3 is 2.69 bits per heavy atom. The molecular weight excluding hydrogens is 210 g/mol. The third kappa shape index (κ3) is 1.90. The number of carbonyl (C=O) groups excluding carboxylic acids is 1. The first-order chi connectivity index (χ1) is 7.70. The maximum absolute atomic E-state index is 11.4. The number of amides is 2. The molecule has 1 heterocycles. The summed E-state index contributed by atoms with van der Waals surface area (Å²) in [5.41, 5.74) is 0.762. The quantitative estimate of drug-likeness (QED) is 0.775. The molecule has 16 heavy (non-hydrogen) atoms. The third-order valence-electron chi connectivity index (χ3n) is 2.47. The lowest BCUT2D eigenvalue weighted by atomic mass is 10.1. The summed E-state index contributed by atoms with van der Waals surface area (Å²) in [6, 6.07) is 8.45. The molecule has 1 aromatic carbocycles. The van der Waals surface area contributed by atoms with Gasteiger partial charge in [0.15, 0.2) is 0 Å². The third-order valence-corrected chi connectivity index (χ3v) is 2.47. The van der Waals surface area contributed by atoms with E-state index in [0.717, 1.165) is 10.5 Å². The highest BCUT2D eigenvalue weighted by Crippen LogP contribution is 2.24. The van der Waals surface area contributed by atoms with Crippen molar-refractivity contribution in [3.63, 3.8) is 0 Å². The van der Waals surface area contributed by atoms with E-state index in [4.69, 9.17) is 9.84 Å². The van der Waals surface area contributed by atoms with Crippen molar-refractivity contribution in [2.24, 2.45) is 0 Å². The summed E-state index contributed by atoms with van der Waals surface area (Å²) in [6.07, 6.45) is -1.23. The zero-order valence-corrected chi connectivity index (χ0v) is 8.50. The highest BCUT2D eigenvalue weighted by molar-refractivity contribution is 5.92. The molecule has 5 heteroatoms. The lowest BCUT2D eigenvalue weighted by Crippen LogP contribution is -2.46. The van der Waals surface area contributed by atoms with Gasteiger partial charge in [-0.2, -0.15) is 0 Å². The van der Waals surface area contributed by atoms with E-state index in [9.17, 15) is 9.59 Å². The van der Waals surface area contributed by atoms with Crippen molar-refractivity contribution in [3.05, 3.63) is 35.9 Å². The highest BCUT2D eigenvalue weighted by atomic mass is 16.5. The summed E-state index contributed by atoms with van der Waals surface area (Å²) in [7, 11) is 0. The largest absolute Gasteiger partial charge is 0.465 e. The highest BCUT2D eigenvalue weighted by Gasteiger charge is 2.34. The number of morpholine rings is 1. The van der Waals surface area contributed by atoms with Crippen LogP contribution in [0.2, 0.25) is 0 Å². The molecule has 1 N–H and O–H groups in total. The fraction of sp³-hybridized carbons (Fsp3) is 0.273. The van der Waals surface area contributed by atoms with E-state index in [1.807, 2.05) is 6.07 Å². The number of hydrogen-bond donors (Lipinski definition) is 1. The number of imide groups is 1. The van der Waals surface area contributed by atoms with Crippen molar-refractivity contribution in [1.29, 1.82) is 0 Å². The molecule has 84 valence electrons. The Balaban J connectivity index is 2.31. The summed E-state index contributed by atoms with van der Waals surface area (Å²) in [6.45, 7) is 0.0394. The number of nitrogens with zero attached hydrogens (tertiary/aromatic N) is 1. The Morgan fingerprint density at radius 2 is 2.06 bits per heavy atom. The predicted molar refractivity (Wildman–Crippen MR) is 54.9 cm³/mol. The Bertz CT molecular complexity index is 404. The van der Waals surface area contributed by atoms with Gasteiger partial charge in [0.2, 0.25) is 0 Å². The van der Waals surface area contributed by atoms with Gasteiger partial charge < -0.3 is 9.84 Å². The SMILES string of the molecule is O=C(O)N1C(=O)COC[C@H]1c1ccccc1. The minimum absolute atomic E-state index is 0.171. The second-order valence-corrected chi connectivity index (χ2v) is 3.49. The van der Waals surface area contributed by atoms with Crippen molar-refractivity contribution in [2.45, 2.75) is 6.04 Å². The van der Waals surface area contributed by atoms with Crippen molar-refractivity contribution in [1.82, 2.24) is 4.90 Å². The normalized spacial score (nSPS) is 20.9. The van der Waals surface area contributed by atoms with Crippen LogP contribution in [0.4, 0.5) is 4.79 Å². The molecule has 0 spiro atoms. The summed E-state index contributed by atoms with van der Waals surface area (Å²) in [5, 5.41) is 8.99. The van der Waals surface area contributed by atoms with Crippen molar-refractivity contribution >= 4 is 12.0 Å². The summed E-state index contributed by atoms with van der Waals surface area (Å²) in [5.74, 6) is -0.521. The molecule has 1 fully saturated rings. The number of carbonyl (C=O) groups is 2. The van der Waals surface area contributed by atoms with E-state index in [2.05, 4.69) is 0 Å². The van der Waals surface area contributed by atoms with E-state index in [1.165, 1.54) is 0 Å². The Morgan fingerprint density at radius 1 is 1.38 bits per heavy atom. The van der Waals surface area contributed by atoms with Crippen LogP contribution in [0.15, 0.2) is 30.3 Å². The maximum Gasteiger partial charge on any atom is 0.414 e. The lowest BCUT2D eigenvalue weighted by molar-refractivity contribution is -0.144. The van der Waals surface area contributed by atoms with Gasteiger partial charge in [0.05, 0.1) is 12.6 Å². The predicted octanol–water partition coefficient (Wildman–Crippen LogP) is 1.26. The molecule has 2 rings (SSSR count). The van der Waals surface area contributed by atoms with Crippen LogP contribution in [0.25, 0.3) is 0 Å². The van der Waals surface area contributed by atoms with Crippen LogP contribution in [-0.2, 0) is 9.53 Å². The van der Waals surface area contributed by atoms with Gasteiger partial charge in [-0.15, -0.1) is 0 Å². The second kappa shape index (κ2) is 4.32. The Hall–Kier alpha value is -1.88. The zero-order valence-electron chi connectivity index (χ0n) is 8.50. The number of carboxylic acid groups (broad SMARTS) is 1. The zero-order chi connectivity index (χ0) is 11.5. The van der Waals surface area contributed by atoms with Crippen molar-refractivity contribution in [2.75, 3.05) is 13.2 Å². The van der Waals surface area contributed by atoms with Gasteiger partial charge in [0.25, 0.3) is 5.91 Å². The van der Waals surface area contributed by atoms with Gasteiger partial charge in [-0.1, -0.05) is 30.3 Å². The fourth-order valence-electron chi connectivity index (χ4n) is 1.74. The van der Waals surface area contributed by atoms with Crippen LogP contribution >= 0.6 is 0 Å². The average Bonchev–Trinajstić information content (AvgIpc) is 2.29. The minimum atomic E-state index is -1.23. The standard InChI is InChI=1S/C11H11NO4/c13-10-7-16-6-9(12(10)11(14)15)8-4-2-1-3-5-8/h1-5,9H,6-7H2,(H,14,15)/t9-/m0/s1. The van der Waals surface area contributed by atoms with Gasteiger partial charge in [-0.05, 0) is 5.56 Å². The van der Waals surface area contributed by atoms with Gasteiger partial charge in [0, 0.05) is 0 Å². The van der Waals surface area contributed by atoms with E-state index >= 15 is 0 Å². The molecule has 0 aliphatic carbocycles. The Kier molecular flexibility index (Phi) is 2.87. The molecule has 0 saturated carbocycles. The fourth-order valence-corrected chi connectivity index (χ4v) is 1.74. The van der Waals surface area contributed by atoms with Crippen LogP contribution in [0.1, 0.15) is 11.6 Å². The van der Waals surface area contributed by atoms with Crippen LogP contribution < -0.4 is 0 Å². The molecule has 5 nitrogen and oxygen atoms in total. The van der Waals surface area contributed by atoms with Gasteiger partial charge in [-0.3, -0.25) is 4.79 Å². The number of hydrogen-bond acceptors (Lipinski definition) is 3. The molecule has 0 aromatic heterocycles. The first-order valence-corrected chi connectivity index (χ1v) is 4.88. The average molecular weight is 221 g/mol. The van der Waals surface area contributed by atoms with E-state index in [1.54, 1.807) is 24.3 Å². The van der Waals surface area contributed by atoms with E-state index in [-0.39, 0.29) is 13.2 Å². The van der Waals surface area contributed by atoms with Crippen LogP contribution in [-0.4, -0.2) is 35.2 Å². The van der Waals surface area contributed by atoms with Crippen LogP contribution in [0.3, 0.4) is 0 Å². The molecule has 1 atom stereocenters. The molecule has 0 unspecified atom stereocenters.